The monoisotopic (exact) mass is 329 g/mol. The van der Waals surface area contributed by atoms with E-state index in [0.717, 1.165) is 6.07 Å². The van der Waals surface area contributed by atoms with Gasteiger partial charge in [0.1, 0.15) is 34.8 Å². The summed E-state index contributed by atoms with van der Waals surface area (Å²) in [4.78, 5) is 16.0. The number of halogens is 2. The highest BCUT2D eigenvalue weighted by Gasteiger charge is 2.22. The van der Waals surface area contributed by atoms with Crippen LogP contribution in [-0.2, 0) is 0 Å². The van der Waals surface area contributed by atoms with Crippen LogP contribution in [0.25, 0.3) is 10.9 Å². The van der Waals surface area contributed by atoms with Crippen molar-refractivity contribution >= 4 is 16.7 Å². The molecular weight excluding hydrogens is 316 g/mol. The fourth-order valence-electron chi connectivity index (χ4n) is 2.32. The molecule has 0 spiro atoms. The van der Waals surface area contributed by atoms with E-state index in [1.807, 2.05) is 0 Å². The van der Waals surface area contributed by atoms with E-state index in [-0.39, 0.29) is 22.6 Å². The molecule has 0 amide bonds. The zero-order chi connectivity index (χ0) is 17.3. The summed E-state index contributed by atoms with van der Waals surface area (Å²) in [5.74, 6) is -1.87. The average molecular weight is 329 g/mol. The Morgan fingerprint density at radius 1 is 1.17 bits per heavy atom. The van der Waals surface area contributed by atoms with Crippen molar-refractivity contribution in [3.05, 3.63) is 65.9 Å². The molecule has 0 aliphatic carbocycles. The predicted octanol–water partition coefficient (Wildman–Crippen LogP) is 3.87. The fourth-order valence-corrected chi connectivity index (χ4v) is 2.32. The molecule has 1 atom stereocenters. The molecule has 0 bridgehead atoms. The number of fused-ring (bicyclic) bond motifs is 1. The number of hydrogen-bond donors (Lipinski definition) is 1. The van der Waals surface area contributed by atoms with E-state index in [0.29, 0.717) is 5.39 Å². The molecule has 122 valence electrons. The second-order valence-corrected chi connectivity index (χ2v) is 5.24. The second-order valence-electron chi connectivity index (χ2n) is 5.24. The lowest BCUT2D eigenvalue weighted by Gasteiger charge is -2.12. The van der Waals surface area contributed by atoms with Crippen LogP contribution >= 0.6 is 0 Å². The summed E-state index contributed by atoms with van der Waals surface area (Å²) >= 11 is 0. The Balaban J connectivity index is 2.03. The highest BCUT2D eigenvalue weighted by atomic mass is 19.1. The second kappa shape index (κ2) is 6.33. The minimum absolute atomic E-state index is 0.0431. The van der Waals surface area contributed by atoms with Crippen LogP contribution in [0.15, 0.2) is 48.7 Å². The number of rotatable bonds is 4. The number of Topliss-reactive ketones (excluding diaryl/α,β-unsaturated/α-hetero) is 1. The maximum atomic E-state index is 14.0. The van der Waals surface area contributed by atoms with E-state index in [2.05, 4.69) is 4.98 Å². The molecule has 0 saturated heterocycles. The molecule has 3 aromatic rings. The lowest BCUT2D eigenvalue weighted by molar-refractivity contribution is 0.0772. The van der Waals surface area contributed by atoms with Crippen molar-refractivity contribution in [2.45, 2.75) is 13.0 Å². The Hall–Kier alpha value is -2.86. The van der Waals surface area contributed by atoms with Gasteiger partial charge in [-0.3, -0.25) is 4.79 Å². The van der Waals surface area contributed by atoms with E-state index in [9.17, 15) is 18.7 Å². The summed E-state index contributed by atoms with van der Waals surface area (Å²) in [6.45, 7) is 1.25. The third kappa shape index (κ3) is 2.96. The van der Waals surface area contributed by atoms with Crippen molar-refractivity contribution < 1.29 is 23.4 Å². The van der Waals surface area contributed by atoms with E-state index in [1.165, 1.54) is 43.5 Å². The molecule has 1 unspecified atom stereocenters. The summed E-state index contributed by atoms with van der Waals surface area (Å²) in [7, 11) is 0. The Bertz CT molecular complexity index is 925. The number of aliphatic hydroxyl groups is 1. The first-order valence-corrected chi connectivity index (χ1v) is 7.20. The highest BCUT2D eigenvalue weighted by molar-refractivity contribution is 6.01. The normalized spacial score (nSPS) is 12.2. The standard InChI is InChI=1S/C18H13F2NO3/c1-10(22)18(23)16-13(19)5-3-7-15(16)24-12-8-11-4-2-6-14(20)17(11)21-9-12/h2-10,22H,1H3. The van der Waals surface area contributed by atoms with Crippen LogP contribution in [-0.4, -0.2) is 22.0 Å². The number of benzene rings is 2. The van der Waals surface area contributed by atoms with Gasteiger partial charge >= 0.3 is 0 Å². The van der Waals surface area contributed by atoms with Gasteiger partial charge in [0.25, 0.3) is 0 Å². The Kier molecular flexibility index (Phi) is 4.22. The van der Waals surface area contributed by atoms with E-state index in [1.54, 1.807) is 6.07 Å². The summed E-state index contributed by atoms with van der Waals surface area (Å²) < 4.78 is 33.2. The number of ketones is 1. The lowest BCUT2D eigenvalue weighted by Crippen LogP contribution is -2.18. The predicted molar refractivity (Wildman–Crippen MR) is 84.2 cm³/mol. The number of aliphatic hydroxyl groups excluding tert-OH is 1. The minimum Gasteiger partial charge on any atom is -0.455 e. The third-order valence-corrected chi connectivity index (χ3v) is 3.47. The first kappa shape index (κ1) is 16.0. The van der Waals surface area contributed by atoms with E-state index in [4.69, 9.17) is 4.74 Å². The molecule has 0 fully saturated rings. The smallest absolute Gasteiger partial charge is 0.197 e. The largest absolute Gasteiger partial charge is 0.455 e. The molecule has 1 aromatic heterocycles. The molecule has 3 rings (SSSR count). The molecule has 2 aromatic carbocycles. The van der Waals surface area contributed by atoms with Crippen molar-refractivity contribution in [1.29, 1.82) is 0 Å². The molecular formula is C18H13F2NO3. The first-order valence-electron chi connectivity index (χ1n) is 7.20. The van der Waals surface area contributed by atoms with Gasteiger partial charge in [-0.2, -0.15) is 0 Å². The van der Waals surface area contributed by atoms with Gasteiger partial charge in [0.2, 0.25) is 0 Å². The van der Waals surface area contributed by atoms with Gasteiger partial charge in [-0.05, 0) is 31.2 Å². The van der Waals surface area contributed by atoms with Crippen LogP contribution < -0.4 is 4.74 Å². The van der Waals surface area contributed by atoms with Crippen LogP contribution in [0, 0.1) is 11.6 Å². The topological polar surface area (TPSA) is 59.4 Å². The first-order chi connectivity index (χ1) is 11.5. The molecule has 1 heterocycles. The highest BCUT2D eigenvalue weighted by Crippen LogP contribution is 2.30. The molecule has 0 saturated carbocycles. The van der Waals surface area contributed by atoms with Crippen LogP contribution in [0.4, 0.5) is 8.78 Å². The summed E-state index contributed by atoms with van der Waals surface area (Å²) in [6.07, 6.45) is -0.0829. The summed E-state index contributed by atoms with van der Waals surface area (Å²) in [5.41, 5.74) is -0.156. The van der Waals surface area contributed by atoms with Crippen molar-refractivity contribution in [2.75, 3.05) is 0 Å². The molecule has 4 nitrogen and oxygen atoms in total. The molecule has 0 aliphatic heterocycles. The maximum absolute atomic E-state index is 14.0. The van der Waals surface area contributed by atoms with Crippen LogP contribution in [0.1, 0.15) is 17.3 Å². The molecule has 6 heteroatoms. The molecule has 0 aliphatic rings. The van der Waals surface area contributed by atoms with E-state index >= 15 is 0 Å². The van der Waals surface area contributed by atoms with Gasteiger partial charge in [-0.25, -0.2) is 13.8 Å². The fraction of sp³-hybridized carbons (Fsp3) is 0.111. The SMILES string of the molecule is CC(O)C(=O)c1c(F)cccc1Oc1cnc2c(F)cccc2c1. The molecule has 24 heavy (non-hydrogen) atoms. The van der Waals surface area contributed by atoms with Gasteiger partial charge in [0, 0.05) is 5.39 Å². The van der Waals surface area contributed by atoms with Crippen LogP contribution in [0.5, 0.6) is 11.5 Å². The Morgan fingerprint density at radius 3 is 2.62 bits per heavy atom. The third-order valence-electron chi connectivity index (χ3n) is 3.47. The summed E-state index contributed by atoms with van der Waals surface area (Å²) in [6, 6.07) is 9.93. The van der Waals surface area contributed by atoms with E-state index < -0.39 is 23.5 Å². The number of aromatic nitrogens is 1. The number of carbonyl (C=O) groups excluding carboxylic acids is 1. The number of para-hydroxylation sites is 1. The minimum atomic E-state index is -1.37. The van der Waals surface area contributed by atoms with Gasteiger partial charge in [-0.1, -0.05) is 18.2 Å². The van der Waals surface area contributed by atoms with Crippen molar-refractivity contribution in [2.24, 2.45) is 0 Å². The Morgan fingerprint density at radius 2 is 1.88 bits per heavy atom. The average Bonchev–Trinajstić information content (AvgIpc) is 2.54. The van der Waals surface area contributed by atoms with Crippen LogP contribution in [0.3, 0.4) is 0 Å². The van der Waals surface area contributed by atoms with Gasteiger partial charge < -0.3 is 9.84 Å². The molecule has 0 radical (unpaired) electrons. The zero-order valence-electron chi connectivity index (χ0n) is 12.7. The number of carbonyl (C=O) groups is 1. The summed E-state index contributed by atoms with van der Waals surface area (Å²) in [5, 5.41) is 9.94. The molecule has 1 N–H and O–H groups in total. The van der Waals surface area contributed by atoms with Gasteiger partial charge in [0.15, 0.2) is 5.78 Å². The van der Waals surface area contributed by atoms with Gasteiger partial charge in [-0.15, -0.1) is 0 Å². The maximum Gasteiger partial charge on any atom is 0.197 e. The number of hydrogen-bond acceptors (Lipinski definition) is 4. The van der Waals surface area contributed by atoms with Crippen LogP contribution in [0.2, 0.25) is 0 Å². The Labute approximate surface area is 136 Å². The van der Waals surface area contributed by atoms with Crippen molar-refractivity contribution in [3.8, 4) is 11.5 Å². The number of pyridine rings is 1. The quantitative estimate of drug-likeness (QED) is 0.738. The number of nitrogens with zero attached hydrogens (tertiary/aromatic N) is 1. The lowest BCUT2D eigenvalue weighted by atomic mass is 10.1. The zero-order valence-corrected chi connectivity index (χ0v) is 12.7. The number of ether oxygens (including phenoxy) is 1. The van der Waals surface area contributed by atoms with Crippen molar-refractivity contribution in [1.82, 2.24) is 4.98 Å². The van der Waals surface area contributed by atoms with Gasteiger partial charge in [0.05, 0.1) is 11.8 Å². The van der Waals surface area contributed by atoms with Crippen molar-refractivity contribution in [3.63, 3.8) is 0 Å².